The minimum atomic E-state index is -0.454. The molecule has 3 rings (SSSR count). The van der Waals surface area contributed by atoms with Crippen molar-refractivity contribution in [2.45, 2.75) is 6.10 Å². The topological polar surface area (TPSA) is 70.7 Å². The van der Waals surface area contributed by atoms with Crippen LogP contribution in [0.2, 0.25) is 10.0 Å². The van der Waals surface area contributed by atoms with E-state index in [-0.39, 0.29) is 6.54 Å². The lowest BCUT2D eigenvalue weighted by Gasteiger charge is -2.13. The number of hydrogen-bond donors (Lipinski definition) is 2. The third kappa shape index (κ3) is 4.55. The number of nitrogens with one attached hydrogen (secondary N) is 2. The summed E-state index contributed by atoms with van der Waals surface area (Å²) in [7, 11) is 0. The molecule has 1 aliphatic rings. The second-order valence-electron chi connectivity index (χ2n) is 5.44. The quantitative estimate of drug-likeness (QED) is 0.838. The van der Waals surface area contributed by atoms with Gasteiger partial charge in [-0.1, -0.05) is 29.3 Å². The van der Waals surface area contributed by atoms with Crippen LogP contribution in [0, 0.1) is 0 Å². The maximum atomic E-state index is 12.0. The lowest BCUT2D eigenvalue weighted by Crippen LogP contribution is -2.37. The lowest BCUT2D eigenvalue weighted by molar-refractivity contribution is 0.141. The van der Waals surface area contributed by atoms with E-state index in [0.29, 0.717) is 28.0 Å². The van der Waals surface area contributed by atoms with Crippen LogP contribution in [0.15, 0.2) is 48.5 Å². The van der Waals surface area contributed by atoms with Crippen molar-refractivity contribution >= 4 is 46.7 Å². The fourth-order valence-corrected chi connectivity index (χ4v) is 2.72. The van der Waals surface area contributed by atoms with E-state index in [1.165, 1.54) is 4.90 Å². The molecular formula is C17H15Cl2N3O3. The zero-order valence-corrected chi connectivity index (χ0v) is 14.6. The number of hydrogen-bond acceptors (Lipinski definition) is 3. The molecule has 1 saturated heterocycles. The molecule has 0 spiro atoms. The first-order chi connectivity index (χ1) is 12.0. The van der Waals surface area contributed by atoms with Gasteiger partial charge in [0, 0.05) is 21.4 Å². The van der Waals surface area contributed by atoms with E-state index in [4.69, 9.17) is 27.9 Å². The second-order valence-corrected chi connectivity index (χ2v) is 6.31. The molecule has 0 radical (unpaired) electrons. The Bertz CT molecular complexity index is 783. The summed E-state index contributed by atoms with van der Waals surface area (Å²) in [6.45, 7) is 0.542. The molecule has 2 aromatic rings. The highest BCUT2D eigenvalue weighted by atomic mass is 35.5. The second kappa shape index (κ2) is 7.63. The summed E-state index contributed by atoms with van der Waals surface area (Å²) in [4.78, 5) is 25.4. The summed E-state index contributed by atoms with van der Waals surface area (Å²) in [5.74, 6) is 0. The molecule has 1 atom stereocenters. The Morgan fingerprint density at radius 1 is 1.16 bits per heavy atom. The van der Waals surface area contributed by atoms with Gasteiger partial charge in [0.2, 0.25) is 0 Å². The molecule has 25 heavy (non-hydrogen) atoms. The smallest absolute Gasteiger partial charge is 0.414 e. The zero-order chi connectivity index (χ0) is 17.8. The first-order valence-electron chi connectivity index (χ1n) is 7.55. The van der Waals surface area contributed by atoms with Crippen molar-refractivity contribution in [1.82, 2.24) is 5.32 Å². The summed E-state index contributed by atoms with van der Waals surface area (Å²) >= 11 is 11.7. The van der Waals surface area contributed by atoms with Crippen molar-refractivity contribution in [3.8, 4) is 0 Å². The minimum absolute atomic E-state index is 0.197. The van der Waals surface area contributed by atoms with E-state index < -0.39 is 18.2 Å². The van der Waals surface area contributed by atoms with E-state index in [9.17, 15) is 9.59 Å². The maximum Gasteiger partial charge on any atom is 0.414 e. The monoisotopic (exact) mass is 379 g/mol. The zero-order valence-electron chi connectivity index (χ0n) is 13.0. The van der Waals surface area contributed by atoms with E-state index in [1.807, 2.05) is 0 Å². The molecule has 1 fully saturated rings. The number of ether oxygens (including phenoxy) is 1. The van der Waals surface area contributed by atoms with Gasteiger partial charge in [-0.15, -0.1) is 0 Å². The Kier molecular flexibility index (Phi) is 5.31. The van der Waals surface area contributed by atoms with Crippen molar-refractivity contribution in [3.63, 3.8) is 0 Å². The van der Waals surface area contributed by atoms with Crippen molar-refractivity contribution in [1.29, 1.82) is 0 Å². The fraction of sp³-hybridized carbons (Fsp3) is 0.176. The Labute approximate surface area is 154 Å². The Balaban J connectivity index is 1.51. The molecule has 0 saturated carbocycles. The van der Waals surface area contributed by atoms with Gasteiger partial charge < -0.3 is 15.4 Å². The molecule has 0 aromatic heterocycles. The molecule has 2 aromatic carbocycles. The van der Waals surface area contributed by atoms with Gasteiger partial charge in [0.25, 0.3) is 0 Å². The van der Waals surface area contributed by atoms with Crippen LogP contribution < -0.4 is 15.5 Å². The van der Waals surface area contributed by atoms with Crippen molar-refractivity contribution in [3.05, 3.63) is 58.6 Å². The molecule has 1 unspecified atom stereocenters. The van der Waals surface area contributed by atoms with Crippen LogP contribution in [0.5, 0.6) is 0 Å². The summed E-state index contributed by atoms with van der Waals surface area (Å²) < 4.78 is 5.27. The number of nitrogens with zero attached hydrogens (tertiary/aromatic N) is 1. The van der Waals surface area contributed by atoms with Gasteiger partial charge in [-0.25, -0.2) is 9.59 Å². The highest BCUT2D eigenvalue weighted by Gasteiger charge is 2.32. The molecule has 8 heteroatoms. The van der Waals surface area contributed by atoms with Crippen LogP contribution >= 0.6 is 23.2 Å². The van der Waals surface area contributed by atoms with Crippen LogP contribution in [0.3, 0.4) is 0 Å². The highest BCUT2D eigenvalue weighted by Crippen LogP contribution is 2.23. The molecule has 6 nitrogen and oxygen atoms in total. The Morgan fingerprint density at radius 2 is 1.92 bits per heavy atom. The average molecular weight is 380 g/mol. The van der Waals surface area contributed by atoms with Gasteiger partial charge in [-0.05, 0) is 42.5 Å². The van der Waals surface area contributed by atoms with Crippen LogP contribution in [0.25, 0.3) is 0 Å². The van der Waals surface area contributed by atoms with Gasteiger partial charge in [0.1, 0.15) is 6.10 Å². The number of carbonyl (C=O) groups excluding carboxylic acids is 2. The summed E-state index contributed by atoms with van der Waals surface area (Å²) in [5, 5.41) is 6.46. The average Bonchev–Trinajstić information content (AvgIpc) is 2.95. The van der Waals surface area contributed by atoms with Gasteiger partial charge in [0.15, 0.2) is 0 Å². The van der Waals surface area contributed by atoms with Crippen LogP contribution in [0.4, 0.5) is 21.0 Å². The molecule has 130 valence electrons. The molecule has 1 aliphatic heterocycles. The molecule has 0 bridgehead atoms. The summed E-state index contributed by atoms with van der Waals surface area (Å²) in [6, 6.07) is 13.3. The van der Waals surface area contributed by atoms with Crippen molar-refractivity contribution in [2.24, 2.45) is 0 Å². The number of carbonyl (C=O) groups is 2. The first-order valence-corrected chi connectivity index (χ1v) is 8.31. The largest absolute Gasteiger partial charge is 0.442 e. The molecule has 3 amide bonds. The van der Waals surface area contributed by atoms with E-state index in [2.05, 4.69) is 10.6 Å². The van der Waals surface area contributed by atoms with E-state index in [0.717, 1.165) is 0 Å². The number of rotatable bonds is 4. The third-order valence-electron chi connectivity index (χ3n) is 3.59. The predicted octanol–water partition coefficient (Wildman–Crippen LogP) is 4.14. The third-order valence-corrected chi connectivity index (χ3v) is 4.07. The van der Waals surface area contributed by atoms with Gasteiger partial charge in [-0.3, -0.25) is 4.90 Å². The van der Waals surface area contributed by atoms with Crippen LogP contribution in [-0.2, 0) is 4.74 Å². The number of benzene rings is 2. The Morgan fingerprint density at radius 3 is 2.64 bits per heavy atom. The number of amides is 3. The first kappa shape index (κ1) is 17.4. The van der Waals surface area contributed by atoms with Crippen molar-refractivity contribution in [2.75, 3.05) is 23.3 Å². The normalized spacial score (nSPS) is 16.5. The standard InChI is InChI=1S/C17H15Cl2N3O3/c18-11-4-6-14(7-5-11)22-10-15(25-17(22)24)9-20-16(23)21-13-3-1-2-12(19)8-13/h1-8,15H,9-10H2,(H2,20,21,23). The SMILES string of the molecule is O=C(NCC1CN(c2ccc(Cl)cc2)C(=O)O1)Nc1cccc(Cl)c1. The number of cyclic esters (lactones) is 1. The predicted molar refractivity (Wildman–Crippen MR) is 97.5 cm³/mol. The van der Waals surface area contributed by atoms with Crippen molar-refractivity contribution < 1.29 is 14.3 Å². The van der Waals surface area contributed by atoms with E-state index >= 15 is 0 Å². The minimum Gasteiger partial charge on any atom is -0.442 e. The van der Waals surface area contributed by atoms with E-state index in [1.54, 1.807) is 48.5 Å². The summed E-state index contributed by atoms with van der Waals surface area (Å²) in [5.41, 5.74) is 1.27. The summed E-state index contributed by atoms with van der Waals surface area (Å²) in [6.07, 6.45) is -0.891. The highest BCUT2D eigenvalue weighted by molar-refractivity contribution is 6.31. The molecule has 2 N–H and O–H groups in total. The Hall–Kier alpha value is -2.44. The number of halogens is 2. The maximum absolute atomic E-state index is 12.0. The number of urea groups is 1. The molecule has 1 heterocycles. The van der Waals surface area contributed by atoms with Gasteiger partial charge >= 0.3 is 12.1 Å². The molecule has 0 aliphatic carbocycles. The number of anilines is 2. The molecular weight excluding hydrogens is 365 g/mol. The van der Waals surface area contributed by atoms with Crippen LogP contribution in [-0.4, -0.2) is 31.3 Å². The van der Waals surface area contributed by atoms with Gasteiger partial charge in [-0.2, -0.15) is 0 Å². The lowest BCUT2D eigenvalue weighted by atomic mass is 10.2. The van der Waals surface area contributed by atoms with Crippen LogP contribution in [0.1, 0.15) is 0 Å². The fourth-order valence-electron chi connectivity index (χ4n) is 2.41. The van der Waals surface area contributed by atoms with Gasteiger partial charge in [0.05, 0.1) is 13.1 Å².